The van der Waals surface area contributed by atoms with Crippen LogP contribution in [-0.2, 0) is 9.39 Å². The monoisotopic (exact) mass is 356 g/mol. The van der Waals surface area contributed by atoms with E-state index in [1.165, 1.54) is 0 Å². The van der Waals surface area contributed by atoms with E-state index >= 15 is 0 Å². The molecule has 0 amide bonds. The van der Waals surface area contributed by atoms with Crippen LogP contribution in [-0.4, -0.2) is 33.1 Å². The highest BCUT2D eigenvalue weighted by atomic mass is 27.1. The summed E-state index contributed by atoms with van der Waals surface area (Å²) in [6.45, 7) is 0. The molecule has 3 nitrogen and oxygen atoms in total. The third kappa shape index (κ3) is 2.55. The van der Waals surface area contributed by atoms with E-state index in [1.54, 1.807) is 0 Å². The maximum atomic E-state index is 10.5. The van der Waals surface area contributed by atoms with Gasteiger partial charge in [0.15, 0.2) is 6.29 Å². The summed E-state index contributed by atoms with van der Waals surface area (Å²) < 4.78 is 5.80. The molecule has 4 aromatic carbocycles. The van der Waals surface area contributed by atoms with E-state index in [2.05, 4.69) is 16.6 Å². The van der Waals surface area contributed by atoms with Gasteiger partial charge in [-0.3, -0.25) is 0 Å². The highest BCUT2D eigenvalue weighted by Crippen LogP contribution is 2.42. The van der Waals surface area contributed by atoms with Crippen molar-refractivity contribution < 1.29 is 14.0 Å². The van der Waals surface area contributed by atoms with Crippen molar-refractivity contribution in [3.05, 3.63) is 96.1 Å². The predicted molar refractivity (Wildman–Crippen MR) is 104 cm³/mol. The number of aliphatic hydroxyl groups is 2. The smallest absolute Gasteiger partial charge is 0.371 e. The number of benzene rings is 4. The fraction of sp³-hybridized carbons (Fsp3) is 0.0909. The first-order valence-corrected chi connectivity index (χ1v) is 8.86. The fourth-order valence-electron chi connectivity index (χ4n) is 3.71. The number of hydrogen-bond acceptors (Lipinski definition) is 3. The second-order valence-corrected chi connectivity index (χ2v) is 6.52. The molecule has 0 atom stereocenters. The molecule has 0 fully saturated rings. The van der Waals surface area contributed by atoms with Gasteiger partial charge in [-0.1, -0.05) is 84.9 Å². The molecule has 2 radical (unpaired) electrons. The van der Waals surface area contributed by atoms with Crippen LogP contribution >= 0.6 is 0 Å². The molecule has 0 saturated heterocycles. The third-order valence-electron chi connectivity index (χ3n) is 4.93. The van der Waals surface area contributed by atoms with Crippen molar-refractivity contribution >= 4 is 38.2 Å². The number of aliphatic hydroxyl groups excluding tert-OH is 1. The Morgan fingerprint density at radius 3 is 1.50 bits per heavy atom. The minimum Gasteiger partial charge on any atom is -0.502 e. The van der Waals surface area contributed by atoms with Crippen molar-refractivity contribution in [1.29, 1.82) is 0 Å². The Kier molecular flexibility index (Phi) is 4.54. The molecule has 26 heavy (non-hydrogen) atoms. The van der Waals surface area contributed by atoms with Crippen molar-refractivity contribution in [2.45, 2.75) is 11.9 Å². The van der Waals surface area contributed by atoms with Gasteiger partial charge in [0, 0.05) is 0 Å². The van der Waals surface area contributed by atoms with Crippen LogP contribution in [0.1, 0.15) is 11.1 Å². The molecular formula is C22H17AlO3. The normalized spacial score (nSPS) is 12.1. The van der Waals surface area contributed by atoms with Crippen molar-refractivity contribution in [1.82, 2.24) is 0 Å². The van der Waals surface area contributed by atoms with Crippen LogP contribution in [0.25, 0.3) is 21.5 Å². The molecule has 0 saturated carbocycles. The summed E-state index contributed by atoms with van der Waals surface area (Å²) in [7, 11) is 0. The zero-order valence-electron chi connectivity index (χ0n) is 14.0. The lowest BCUT2D eigenvalue weighted by molar-refractivity contribution is -0.153. The standard InChI is InChI=1S/C22H17O3.Al/c23-21(24)22(25,19-13-5-9-15-7-1-3-11-17(15)19)20-14-6-10-16-8-2-4-12-18(16)20;/h1-14,21,23-24H;/q-1;+1. The van der Waals surface area contributed by atoms with Gasteiger partial charge < -0.3 is 14.0 Å². The summed E-state index contributed by atoms with van der Waals surface area (Å²) in [4.78, 5) is 0. The van der Waals surface area contributed by atoms with E-state index in [-0.39, 0.29) is 0 Å². The van der Waals surface area contributed by atoms with Gasteiger partial charge in [-0.15, -0.1) is 0 Å². The Labute approximate surface area is 160 Å². The summed E-state index contributed by atoms with van der Waals surface area (Å²) in [5.41, 5.74) is -0.0271. The van der Waals surface area contributed by atoms with Crippen molar-refractivity contribution in [2.24, 2.45) is 0 Å². The maximum Gasteiger partial charge on any atom is 0.371 e. The molecule has 2 N–H and O–H groups in total. The van der Waals surface area contributed by atoms with Gasteiger partial charge in [-0.05, 0) is 32.7 Å². The quantitative estimate of drug-likeness (QED) is 0.434. The Hall–Kier alpha value is -2.19. The Morgan fingerprint density at radius 2 is 1.08 bits per heavy atom. The van der Waals surface area contributed by atoms with Crippen molar-refractivity contribution in [2.75, 3.05) is 0 Å². The van der Waals surface area contributed by atoms with Gasteiger partial charge in [0.05, 0.1) is 0 Å². The average Bonchev–Trinajstić information content (AvgIpc) is 2.69. The summed E-state index contributed by atoms with van der Waals surface area (Å²) in [6.07, 6.45) is -1.75. The molecule has 0 bridgehead atoms. The lowest BCUT2D eigenvalue weighted by Gasteiger charge is -2.38. The van der Waals surface area contributed by atoms with E-state index in [4.69, 9.17) is 3.79 Å². The van der Waals surface area contributed by atoms with Gasteiger partial charge in [0.25, 0.3) is 0 Å². The Balaban J connectivity index is 2.12. The maximum absolute atomic E-state index is 10.5. The first-order chi connectivity index (χ1) is 12.7. The highest BCUT2D eigenvalue weighted by molar-refractivity contribution is 6.00. The number of rotatable bonds is 4. The van der Waals surface area contributed by atoms with Gasteiger partial charge in [0.2, 0.25) is 0 Å². The van der Waals surface area contributed by atoms with E-state index in [0.717, 1.165) is 21.5 Å². The summed E-state index contributed by atoms with van der Waals surface area (Å²) in [6, 6.07) is 27.3. The van der Waals surface area contributed by atoms with Crippen LogP contribution in [0.4, 0.5) is 0 Å². The molecular weight excluding hydrogens is 339 g/mol. The van der Waals surface area contributed by atoms with Gasteiger partial charge in [0.1, 0.15) is 5.60 Å². The van der Waals surface area contributed by atoms with Gasteiger partial charge in [-0.25, -0.2) is 0 Å². The minimum absolute atomic E-state index is 0.706. The topological polar surface area (TPSA) is 49.7 Å². The first-order valence-electron chi connectivity index (χ1n) is 8.39. The van der Waals surface area contributed by atoms with Crippen LogP contribution < -0.4 is 0 Å². The predicted octanol–water partition coefficient (Wildman–Crippen LogP) is 3.65. The van der Waals surface area contributed by atoms with Crippen LogP contribution in [0.3, 0.4) is 0 Å². The Morgan fingerprint density at radius 1 is 0.654 bits per heavy atom. The van der Waals surface area contributed by atoms with Gasteiger partial charge >= 0.3 is 16.6 Å². The van der Waals surface area contributed by atoms with Crippen LogP contribution in [0.15, 0.2) is 84.9 Å². The number of hydrogen-bond donors (Lipinski definition) is 2. The zero-order valence-corrected chi connectivity index (χ0v) is 15.2. The third-order valence-corrected chi connectivity index (χ3v) is 5.30. The molecule has 0 unspecified atom stereocenters. The number of fused-ring (bicyclic) bond motifs is 2. The molecule has 0 aliphatic carbocycles. The van der Waals surface area contributed by atoms with E-state index in [9.17, 15) is 10.2 Å². The molecule has 4 aromatic rings. The van der Waals surface area contributed by atoms with Crippen LogP contribution in [0, 0.1) is 0 Å². The molecule has 0 heterocycles. The molecule has 0 spiro atoms. The minimum atomic E-state index is -1.75. The molecule has 126 valence electrons. The van der Waals surface area contributed by atoms with E-state index in [0.29, 0.717) is 11.1 Å². The van der Waals surface area contributed by atoms with Crippen molar-refractivity contribution in [3.63, 3.8) is 0 Å². The average molecular weight is 356 g/mol. The molecule has 0 aromatic heterocycles. The van der Waals surface area contributed by atoms with Crippen molar-refractivity contribution in [3.8, 4) is 0 Å². The molecule has 0 aliphatic heterocycles. The van der Waals surface area contributed by atoms with E-state index in [1.807, 2.05) is 84.9 Å². The van der Waals surface area contributed by atoms with Crippen LogP contribution in [0.2, 0.25) is 0 Å². The van der Waals surface area contributed by atoms with Crippen LogP contribution in [0.5, 0.6) is 0 Å². The summed E-state index contributed by atoms with van der Waals surface area (Å²) in [5, 5.41) is 24.9. The van der Waals surface area contributed by atoms with E-state index < -0.39 is 11.9 Å². The summed E-state index contributed by atoms with van der Waals surface area (Å²) >= 11 is 2.22. The molecule has 0 aliphatic rings. The Bertz CT molecular complexity index is 985. The largest absolute Gasteiger partial charge is 0.502 e. The summed E-state index contributed by atoms with van der Waals surface area (Å²) in [5.74, 6) is 0. The lowest BCUT2D eigenvalue weighted by atomic mass is 9.80. The lowest BCUT2D eigenvalue weighted by Crippen LogP contribution is -2.43. The highest BCUT2D eigenvalue weighted by Gasteiger charge is 2.42. The SMILES string of the molecule is OC(O)C([O][Al])(c1cccc2ccccc12)c1cccc2ccccc12. The fourth-order valence-corrected chi connectivity index (χ4v) is 4.09. The second kappa shape index (κ2) is 6.85. The zero-order chi connectivity index (χ0) is 18.1. The van der Waals surface area contributed by atoms with Gasteiger partial charge in [-0.2, -0.15) is 0 Å². The first kappa shape index (κ1) is 17.2. The second-order valence-electron chi connectivity index (χ2n) is 6.28. The molecule has 4 rings (SSSR count). The molecule has 4 heteroatoms.